The fourth-order valence-corrected chi connectivity index (χ4v) is 5.16. The van der Waals surface area contributed by atoms with Gasteiger partial charge in [-0.3, -0.25) is 9.10 Å². The molecule has 37 heavy (non-hydrogen) atoms. The summed E-state index contributed by atoms with van der Waals surface area (Å²) in [6.07, 6.45) is 7.20. The van der Waals surface area contributed by atoms with Crippen LogP contribution < -0.4 is 14.5 Å². The Balaban J connectivity index is 1.67. The largest absolute Gasteiger partial charge is 0.493 e. The molecule has 0 fully saturated rings. The van der Waals surface area contributed by atoms with E-state index < -0.39 is 22.5 Å². The van der Waals surface area contributed by atoms with Gasteiger partial charge in [-0.05, 0) is 55.0 Å². The lowest BCUT2D eigenvalue weighted by Crippen LogP contribution is -2.39. The summed E-state index contributed by atoms with van der Waals surface area (Å²) in [7, 11) is -4.01. The Hall–Kier alpha value is -3.36. The van der Waals surface area contributed by atoms with Crippen molar-refractivity contribution in [1.82, 2.24) is 5.43 Å². The third kappa shape index (κ3) is 8.61. The predicted octanol–water partition coefficient (Wildman–Crippen LogP) is 6.03. The van der Waals surface area contributed by atoms with E-state index in [1.807, 2.05) is 24.3 Å². The van der Waals surface area contributed by atoms with Gasteiger partial charge in [-0.25, -0.2) is 13.8 Å². The second kappa shape index (κ2) is 14.4. The van der Waals surface area contributed by atoms with Gasteiger partial charge in [0.25, 0.3) is 15.9 Å². The molecule has 7 nitrogen and oxygen atoms in total. The molecule has 0 saturated heterocycles. The molecule has 3 aromatic rings. The number of nitrogens with zero attached hydrogens (tertiary/aromatic N) is 2. The van der Waals surface area contributed by atoms with Gasteiger partial charge in [-0.15, -0.1) is 0 Å². The average molecular weight is 542 g/mol. The Bertz CT molecular complexity index is 1270. The van der Waals surface area contributed by atoms with E-state index in [1.165, 1.54) is 37.6 Å². The number of unbranched alkanes of at least 4 members (excludes halogenated alkanes) is 4. The van der Waals surface area contributed by atoms with Gasteiger partial charge in [0.2, 0.25) is 0 Å². The quantitative estimate of drug-likeness (QED) is 0.153. The second-order valence-corrected chi connectivity index (χ2v) is 10.7. The molecule has 0 aliphatic rings. The van der Waals surface area contributed by atoms with Crippen molar-refractivity contribution >= 4 is 39.4 Å². The van der Waals surface area contributed by atoms with Gasteiger partial charge in [0.05, 0.1) is 23.4 Å². The lowest BCUT2D eigenvalue weighted by Gasteiger charge is -2.23. The number of halogens is 1. The summed E-state index contributed by atoms with van der Waals surface area (Å²) >= 11 is 5.98. The Morgan fingerprint density at radius 2 is 1.62 bits per heavy atom. The molecule has 0 heterocycles. The highest BCUT2D eigenvalue weighted by Gasteiger charge is 2.27. The third-order valence-corrected chi connectivity index (χ3v) is 7.59. The van der Waals surface area contributed by atoms with Crippen LogP contribution >= 0.6 is 11.6 Å². The van der Waals surface area contributed by atoms with Crippen molar-refractivity contribution < 1.29 is 17.9 Å². The minimum atomic E-state index is -4.01. The maximum Gasteiger partial charge on any atom is 0.264 e. The van der Waals surface area contributed by atoms with Crippen LogP contribution in [0.2, 0.25) is 5.02 Å². The number of sulfonamides is 1. The normalized spacial score (nSPS) is 11.4. The second-order valence-electron chi connectivity index (χ2n) is 8.39. The van der Waals surface area contributed by atoms with Crippen LogP contribution in [0.15, 0.2) is 88.9 Å². The molecule has 196 valence electrons. The maximum atomic E-state index is 13.3. The fourth-order valence-electron chi connectivity index (χ4n) is 3.59. The standard InChI is InChI=1S/C28H32ClN3O4S/c1-2-3-4-5-11-20-36-27-15-10-9-12-23(27)21-30-31-28(33)22-32(25-18-16-24(29)17-19-25)37(34,35)26-13-7-6-8-14-26/h6-10,12-19,21H,2-5,11,20,22H2,1H3,(H,31,33)/b30-21+. The topological polar surface area (TPSA) is 88.1 Å². The van der Waals surface area contributed by atoms with Crippen molar-refractivity contribution in [3.63, 3.8) is 0 Å². The van der Waals surface area contributed by atoms with Gasteiger partial charge in [-0.1, -0.05) is 74.5 Å². The Morgan fingerprint density at radius 1 is 0.946 bits per heavy atom. The SMILES string of the molecule is CCCCCCCOc1ccccc1/C=N/NC(=O)CN(c1ccc(Cl)cc1)S(=O)(=O)c1ccccc1. The summed E-state index contributed by atoms with van der Waals surface area (Å²) in [6, 6.07) is 21.6. The lowest BCUT2D eigenvalue weighted by atomic mass is 10.2. The molecule has 0 spiro atoms. The lowest BCUT2D eigenvalue weighted by molar-refractivity contribution is -0.119. The summed E-state index contributed by atoms with van der Waals surface area (Å²) < 4.78 is 33.6. The van der Waals surface area contributed by atoms with E-state index in [1.54, 1.807) is 42.5 Å². The molecule has 0 aromatic heterocycles. The van der Waals surface area contributed by atoms with Crippen LogP contribution in [-0.2, 0) is 14.8 Å². The van der Waals surface area contributed by atoms with E-state index in [0.29, 0.717) is 28.6 Å². The number of amides is 1. The van der Waals surface area contributed by atoms with Gasteiger partial charge < -0.3 is 4.74 Å². The zero-order valence-corrected chi connectivity index (χ0v) is 22.4. The maximum absolute atomic E-state index is 13.3. The molecule has 0 atom stereocenters. The van der Waals surface area contributed by atoms with Crippen molar-refractivity contribution in [2.24, 2.45) is 5.10 Å². The number of carbonyl (C=O) groups excluding carboxylic acids is 1. The molecule has 3 aromatic carbocycles. The molecule has 0 saturated carbocycles. The van der Waals surface area contributed by atoms with Crippen LogP contribution in [0, 0.1) is 0 Å². The molecule has 3 rings (SSSR count). The first kappa shape index (κ1) is 28.2. The van der Waals surface area contributed by atoms with Gasteiger partial charge in [0.1, 0.15) is 12.3 Å². The summed E-state index contributed by atoms with van der Waals surface area (Å²) in [5.74, 6) is 0.0745. The third-order valence-electron chi connectivity index (χ3n) is 5.55. The van der Waals surface area contributed by atoms with Crippen LogP contribution in [0.25, 0.3) is 0 Å². The number of ether oxygens (including phenoxy) is 1. The fraction of sp³-hybridized carbons (Fsp3) is 0.286. The molecule has 0 unspecified atom stereocenters. The van der Waals surface area contributed by atoms with E-state index in [9.17, 15) is 13.2 Å². The van der Waals surface area contributed by atoms with Gasteiger partial charge in [0.15, 0.2) is 0 Å². The summed E-state index contributed by atoms with van der Waals surface area (Å²) in [6.45, 7) is 2.32. The Labute approximate surface area is 224 Å². The molecular formula is C28H32ClN3O4S. The number of hydrogen-bond acceptors (Lipinski definition) is 5. The molecule has 9 heteroatoms. The van der Waals surface area contributed by atoms with E-state index >= 15 is 0 Å². The molecular weight excluding hydrogens is 510 g/mol. The number of benzene rings is 3. The van der Waals surface area contributed by atoms with Crippen LogP contribution in [0.1, 0.15) is 44.6 Å². The van der Waals surface area contributed by atoms with E-state index in [-0.39, 0.29) is 4.90 Å². The van der Waals surface area contributed by atoms with Crippen molar-refractivity contribution in [1.29, 1.82) is 0 Å². The number of hydrazone groups is 1. The van der Waals surface area contributed by atoms with Crippen LogP contribution in [0.4, 0.5) is 5.69 Å². The Morgan fingerprint density at radius 3 is 2.35 bits per heavy atom. The highest BCUT2D eigenvalue weighted by molar-refractivity contribution is 7.92. The summed E-state index contributed by atoms with van der Waals surface area (Å²) in [4.78, 5) is 12.8. The molecule has 1 N–H and O–H groups in total. The van der Waals surface area contributed by atoms with Gasteiger partial charge >= 0.3 is 0 Å². The minimum absolute atomic E-state index is 0.0713. The number of carbonyl (C=O) groups is 1. The monoisotopic (exact) mass is 541 g/mol. The highest BCUT2D eigenvalue weighted by Crippen LogP contribution is 2.25. The van der Waals surface area contributed by atoms with Gasteiger partial charge in [-0.2, -0.15) is 5.10 Å². The summed E-state index contributed by atoms with van der Waals surface area (Å²) in [5.41, 5.74) is 3.45. The summed E-state index contributed by atoms with van der Waals surface area (Å²) in [5, 5.41) is 4.49. The highest BCUT2D eigenvalue weighted by atomic mass is 35.5. The average Bonchev–Trinajstić information content (AvgIpc) is 2.91. The first-order chi connectivity index (χ1) is 17.9. The van der Waals surface area contributed by atoms with Crippen LogP contribution in [0.3, 0.4) is 0 Å². The zero-order valence-electron chi connectivity index (χ0n) is 20.8. The van der Waals surface area contributed by atoms with Crippen molar-refractivity contribution in [2.45, 2.75) is 43.9 Å². The first-order valence-corrected chi connectivity index (χ1v) is 14.1. The van der Waals surface area contributed by atoms with Crippen molar-refractivity contribution in [3.8, 4) is 5.75 Å². The van der Waals surface area contributed by atoms with E-state index in [0.717, 1.165) is 17.1 Å². The van der Waals surface area contributed by atoms with Crippen molar-refractivity contribution in [2.75, 3.05) is 17.5 Å². The minimum Gasteiger partial charge on any atom is -0.493 e. The van der Waals surface area contributed by atoms with Crippen LogP contribution in [-0.4, -0.2) is 33.7 Å². The van der Waals surface area contributed by atoms with Crippen molar-refractivity contribution in [3.05, 3.63) is 89.4 Å². The van der Waals surface area contributed by atoms with E-state index in [2.05, 4.69) is 17.5 Å². The molecule has 1 amide bonds. The zero-order chi connectivity index (χ0) is 26.5. The van der Waals surface area contributed by atoms with E-state index in [4.69, 9.17) is 16.3 Å². The number of rotatable bonds is 14. The first-order valence-electron chi connectivity index (χ1n) is 12.3. The Kier molecular flexibility index (Phi) is 11.0. The molecule has 0 bridgehead atoms. The number of para-hydroxylation sites is 1. The number of nitrogens with one attached hydrogen (secondary N) is 1. The molecule has 0 aliphatic heterocycles. The molecule has 0 radical (unpaired) electrons. The van der Waals surface area contributed by atoms with Gasteiger partial charge in [0, 0.05) is 10.6 Å². The number of anilines is 1. The molecule has 0 aliphatic carbocycles. The van der Waals surface area contributed by atoms with Crippen LogP contribution in [0.5, 0.6) is 5.75 Å². The smallest absolute Gasteiger partial charge is 0.264 e. The predicted molar refractivity (Wildman–Crippen MR) is 149 cm³/mol. The number of hydrogen-bond donors (Lipinski definition) is 1.